The van der Waals surface area contributed by atoms with Gasteiger partial charge in [0.2, 0.25) is 0 Å². The molecule has 0 amide bonds. The summed E-state index contributed by atoms with van der Waals surface area (Å²) in [5, 5.41) is 9.81. The molecule has 1 aliphatic rings. The molecule has 82 valence electrons. The molecule has 0 aliphatic heterocycles. The Kier molecular flexibility index (Phi) is 2.32. The Bertz CT molecular complexity index is 389. The van der Waals surface area contributed by atoms with Gasteiger partial charge in [-0.2, -0.15) is 0 Å². The molecule has 2 atom stereocenters. The summed E-state index contributed by atoms with van der Waals surface area (Å²) >= 11 is 0. The van der Waals surface area contributed by atoms with Gasteiger partial charge in [0, 0.05) is 0 Å². The second-order valence-electron chi connectivity index (χ2n) is 4.91. The van der Waals surface area contributed by atoms with Gasteiger partial charge in [-0.05, 0) is 35.1 Å². The number of rotatable bonds is 0. The van der Waals surface area contributed by atoms with Gasteiger partial charge in [0.05, 0.1) is 12.1 Å². The van der Waals surface area contributed by atoms with E-state index in [2.05, 4.69) is 0 Å². The van der Waals surface area contributed by atoms with Gasteiger partial charge in [-0.15, -0.1) is 0 Å². The molecule has 3 N–H and O–H groups in total. The van der Waals surface area contributed by atoms with E-state index in [1.54, 1.807) is 6.07 Å². The van der Waals surface area contributed by atoms with Gasteiger partial charge in [-0.3, -0.25) is 0 Å². The van der Waals surface area contributed by atoms with E-state index in [9.17, 15) is 9.50 Å². The lowest BCUT2D eigenvalue weighted by Gasteiger charge is -2.38. The zero-order chi connectivity index (χ0) is 11.2. The SMILES string of the molecule is CC1(C)CC(O)[C@@H](N)c2ccc(F)cc21. The lowest BCUT2D eigenvalue weighted by Crippen LogP contribution is -2.39. The van der Waals surface area contributed by atoms with E-state index in [1.165, 1.54) is 12.1 Å². The summed E-state index contributed by atoms with van der Waals surface area (Å²) in [6, 6.07) is 4.21. The minimum absolute atomic E-state index is 0.216. The molecule has 2 nitrogen and oxygen atoms in total. The van der Waals surface area contributed by atoms with Crippen molar-refractivity contribution in [3.05, 3.63) is 35.1 Å². The fourth-order valence-corrected chi connectivity index (χ4v) is 2.37. The number of aliphatic hydroxyl groups excluding tert-OH is 1. The van der Waals surface area contributed by atoms with Gasteiger partial charge < -0.3 is 10.8 Å². The minimum atomic E-state index is -0.544. The Labute approximate surface area is 88.9 Å². The van der Waals surface area contributed by atoms with Gasteiger partial charge in [-0.25, -0.2) is 4.39 Å². The highest BCUT2D eigenvalue weighted by Crippen LogP contribution is 2.40. The van der Waals surface area contributed by atoms with Crippen LogP contribution in [0.4, 0.5) is 4.39 Å². The van der Waals surface area contributed by atoms with E-state index in [0.29, 0.717) is 6.42 Å². The van der Waals surface area contributed by atoms with Crippen LogP contribution in [0, 0.1) is 5.82 Å². The van der Waals surface area contributed by atoms with Crippen LogP contribution in [0.5, 0.6) is 0 Å². The van der Waals surface area contributed by atoms with Crippen LogP contribution in [0.25, 0.3) is 0 Å². The molecule has 0 spiro atoms. The number of aliphatic hydroxyl groups is 1. The van der Waals surface area contributed by atoms with Crippen molar-refractivity contribution in [3.63, 3.8) is 0 Å². The molecule has 1 unspecified atom stereocenters. The average molecular weight is 209 g/mol. The number of hydrogen-bond donors (Lipinski definition) is 2. The standard InChI is InChI=1S/C12H16FNO/c1-12(2)6-10(15)11(14)8-4-3-7(13)5-9(8)12/h3-5,10-11,15H,6,14H2,1-2H3/t10?,11-/m0/s1. The Hall–Kier alpha value is -0.930. The molecule has 0 saturated carbocycles. The van der Waals surface area contributed by atoms with Crippen molar-refractivity contribution in [2.24, 2.45) is 5.73 Å². The van der Waals surface area contributed by atoms with Crippen molar-refractivity contribution in [3.8, 4) is 0 Å². The van der Waals surface area contributed by atoms with Crippen LogP contribution in [0.3, 0.4) is 0 Å². The first-order valence-electron chi connectivity index (χ1n) is 5.15. The summed E-state index contributed by atoms with van der Waals surface area (Å²) in [5.41, 5.74) is 7.45. The Morgan fingerprint density at radius 2 is 2.13 bits per heavy atom. The number of fused-ring (bicyclic) bond motifs is 1. The third-order valence-corrected chi connectivity index (χ3v) is 3.24. The highest BCUT2D eigenvalue weighted by Gasteiger charge is 2.36. The third kappa shape index (κ3) is 1.66. The predicted octanol–water partition coefficient (Wildman–Crippen LogP) is 1.87. The van der Waals surface area contributed by atoms with Crippen LogP contribution in [0.15, 0.2) is 18.2 Å². The van der Waals surface area contributed by atoms with Crippen molar-refractivity contribution in [1.82, 2.24) is 0 Å². The van der Waals surface area contributed by atoms with Crippen molar-refractivity contribution in [2.45, 2.75) is 37.8 Å². The average Bonchev–Trinajstić information content (AvgIpc) is 2.14. The summed E-state index contributed by atoms with van der Waals surface area (Å²) in [6.45, 7) is 4.00. The molecule has 0 fully saturated rings. The molecular formula is C12H16FNO. The normalized spacial score (nSPS) is 28.6. The molecule has 1 aromatic rings. The van der Waals surface area contributed by atoms with Crippen LogP contribution < -0.4 is 5.73 Å². The highest BCUT2D eigenvalue weighted by molar-refractivity contribution is 5.39. The van der Waals surface area contributed by atoms with Gasteiger partial charge in [0.25, 0.3) is 0 Å². The lowest BCUT2D eigenvalue weighted by molar-refractivity contribution is 0.0993. The van der Waals surface area contributed by atoms with Gasteiger partial charge >= 0.3 is 0 Å². The van der Waals surface area contributed by atoms with Gasteiger partial charge in [0.1, 0.15) is 5.82 Å². The summed E-state index contributed by atoms with van der Waals surface area (Å²) in [5.74, 6) is -0.245. The number of nitrogens with two attached hydrogens (primary N) is 1. The predicted molar refractivity (Wildman–Crippen MR) is 57.0 cm³/mol. The van der Waals surface area contributed by atoms with Gasteiger partial charge in [0.15, 0.2) is 0 Å². The summed E-state index contributed by atoms with van der Waals surface area (Å²) < 4.78 is 13.2. The van der Waals surface area contributed by atoms with E-state index < -0.39 is 12.1 Å². The molecule has 1 aliphatic carbocycles. The Morgan fingerprint density at radius 1 is 1.47 bits per heavy atom. The summed E-state index contributed by atoms with van der Waals surface area (Å²) in [6.07, 6.45) is 0.0305. The lowest BCUT2D eigenvalue weighted by atomic mass is 9.70. The monoisotopic (exact) mass is 209 g/mol. The van der Waals surface area contributed by atoms with E-state index >= 15 is 0 Å². The van der Waals surface area contributed by atoms with Crippen LogP contribution in [-0.4, -0.2) is 11.2 Å². The van der Waals surface area contributed by atoms with Crippen molar-refractivity contribution >= 4 is 0 Å². The van der Waals surface area contributed by atoms with Crippen LogP contribution in [0.1, 0.15) is 37.4 Å². The van der Waals surface area contributed by atoms with Gasteiger partial charge in [-0.1, -0.05) is 19.9 Å². The van der Waals surface area contributed by atoms with E-state index in [0.717, 1.165) is 11.1 Å². The second kappa shape index (κ2) is 3.29. The van der Waals surface area contributed by atoms with Crippen molar-refractivity contribution < 1.29 is 9.50 Å². The van der Waals surface area contributed by atoms with E-state index in [1.807, 2.05) is 13.8 Å². The first kappa shape index (κ1) is 10.6. The second-order valence-corrected chi connectivity index (χ2v) is 4.91. The number of benzene rings is 1. The fraction of sp³-hybridized carbons (Fsp3) is 0.500. The van der Waals surface area contributed by atoms with Crippen molar-refractivity contribution in [2.75, 3.05) is 0 Å². The molecule has 0 aromatic heterocycles. The maximum absolute atomic E-state index is 13.2. The van der Waals surface area contributed by atoms with E-state index in [-0.39, 0.29) is 11.2 Å². The minimum Gasteiger partial charge on any atom is -0.391 e. The van der Waals surface area contributed by atoms with Crippen LogP contribution in [-0.2, 0) is 5.41 Å². The Morgan fingerprint density at radius 3 is 2.80 bits per heavy atom. The maximum Gasteiger partial charge on any atom is 0.123 e. The Balaban J connectivity index is 2.59. The molecular weight excluding hydrogens is 193 g/mol. The number of hydrogen-bond acceptors (Lipinski definition) is 2. The summed E-state index contributed by atoms with van der Waals surface area (Å²) in [4.78, 5) is 0. The van der Waals surface area contributed by atoms with E-state index in [4.69, 9.17) is 5.73 Å². The maximum atomic E-state index is 13.2. The third-order valence-electron chi connectivity index (χ3n) is 3.24. The first-order valence-corrected chi connectivity index (χ1v) is 5.15. The zero-order valence-electron chi connectivity index (χ0n) is 9.00. The van der Waals surface area contributed by atoms with Crippen molar-refractivity contribution in [1.29, 1.82) is 0 Å². The molecule has 0 saturated heterocycles. The summed E-state index contributed by atoms with van der Waals surface area (Å²) in [7, 11) is 0. The molecule has 15 heavy (non-hydrogen) atoms. The fourth-order valence-electron chi connectivity index (χ4n) is 2.37. The molecule has 0 radical (unpaired) electrons. The molecule has 3 heteroatoms. The number of halogens is 1. The topological polar surface area (TPSA) is 46.2 Å². The largest absolute Gasteiger partial charge is 0.391 e. The van der Waals surface area contributed by atoms with Crippen LogP contribution in [0.2, 0.25) is 0 Å². The molecule has 2 rings (SSSR count). The first-order chi connectivity index (χ1) is 6.92. The molecule has 1 aromatic carbocycles. The quantitative estimate of drug-likeness (QED) is 0.685. The molecule has 0 heterocycles. The smallest absolute Gasteiger partial charge is 0.123 e. The molecule has 0 bridgehead atoms. The zero-order valence-corrected chi connectivity index (χ0v) is 9.00. The highest BCUT2D eigenvalue weighted by atomic mass is 19.1. The van der Waals surface area contributed by atoms with Crippen LogP contribution >= 0.6 is 0 Å².